The van der Waals surface area contributed by atoms with E-state index in [9.17, 15) is 9.18 Å². The third-order valence-corrected chi connectivity index (χ3v) is 4.56. The summed E-state index contributed by atoms with van der Waals surface area (Å²) in [7, 11) is 0. The second kappa shape index (κ2) is 11.4. The zero-order valence-electron chi connectivity index (χ0n) is 17.1. The molecule has 2 rings (SSSR count). The van der Waals surface area contributed by atoms with E-state index in [1.807, 2.05) is 26.0 Å². The first-order valence-corrected chi connectivity index (χ1v) is 10.1. The molecular weight excluding hydrogens is 355 g/mol. The molecule has 0 bridgehead atoms. The number of unbranched alkanes of at least 4 members (excludes halogenated alkanes) is 1. The Bertz CT molecular complexity index is 768. The number of halogens is 1. The average molecular weight is 387 g/mol. The number of nitrogens with zero attached hydrogens (tertiary/aromatic N) is 1. The van der Waals surface area contributed by atoms with Crippen molar-refractivity contribution in [2.45, 2.75) is 46.5 Å². The molecule has 0 saturated carbocycles. The molecule has 6 heteroatoms. The molecule has 0 aromatic heterocycles. The summed E-state index contributed by atoms with van der Waals surface area (Å²) in [6, 6.07) is 3.21. The molecule has 0 unspecified atom stereocenters. The lowest BCUT2D eigenvalue weighted by Gasteiger charge is -2.17. The molecule has 1 aromatic rings. The molecule has 3 N–H and O–H groups in total. The first kappa shape index (κ1) is 21.8. The Kier molecular flexibility index (Phi) is 8.88. The number of carbonyl (C=O) groups is 1. The lowest BCUT2D eigenvalue weighted by atomic mass is 9.97. The van der Waals surface area contributed by atoms with Crippen molar-refractivity contribution in [3.05, 3.63) is 47.3 Å². The summed E-state index contributed by atoms with van der Waals surface area (Å²) in [6.07, 6.45) is 9.20. The SMILES string of the molecule is CC/C=C\C(=N/NCCCC)C(=O)Nc1cc(F)c(C2=CCNCC2)cc1C. The van der Waals surface area contributed by atoms with Crippen molar-refractivity contribution in [2.75, 3.05) is 25.0 Å². The summed E-state index contributed by atoms with van der Waals surface area (Å²) >= 11 is 0. The molecule has 152 valence electrons. The number of hydrogen-bond donors (Lipinski definition) is 3. The van der Waals surface area contributed by atoms with Gasteiger partial charge in [-0.3, -0.25) is 4.79 Å². The van der Waals surface area contributed by atoms with E-state index < -0.39 is 0 Å². The highest BCUT2D eigenvalue weighted by atomic mass is 19.1. The highest BCUT2D eigenvalue weighted by Crippen LogP contribution is 2.28. The first-order valence-electron chi connectivity index (χ1n) is 10.1. The van der Waals surface area contributed by atoms with Crippen LogP contribution in [-0.4, -0.2) is 31.3 Å². The van der Waals surface area contributed by atoms with Gasteiger partial charge in [0.25, 0.3) is 5.91 Å². The zero-order valence-corrected chi connectivity index (χ0v) is 17.1. The Labute approximate surface area is 167 Å². The minimum absolute atomic E-state index is 0.280. The van der Waals surface area contributed by atoms with Gasteiger partial charge in [0.1, 0.15) is 11.5 Å². The van der Waals surface area contributed by atoms with Crippen LogP contribution in [-0.2, 0) is 4.79 Å². The van der Waals surface area contributed by atoms with Crippen LogP contribution in [0.15, 0.2) is 35.5 Å². The summed E-state index contributed by atoms with van der Waals surface area (Å²) in [5, 5.41) is 10.2. The van der Waals surface area contributed by atoms with Crippen LogP contribution in [0.25, 0.3) is 5.57 Å². The third kappa shape index (κ3) is 6.30. The fraction of sp³-hybridized carbons (Fsp3) is 0.455. The summed E-state index contributed by atoms with van der Waals surface area (Å²) in [5.74, 6) is -0.678. The summed E-state index contributed by atoms with van der Waals surface area (Å²) in [4.78, 5) is 12.7. The number of nitrogens with one attached hydrogen (secondary N) is 3. The molecular formula is C22H31FN4O. The molecule has 0 fully saturated rings. The maximum Gasteiger partial charge on any atom is 0.276 e. The van der Waals surface area contributed by atoms with Crippen molar-refractivity contribution in [2.24, 2.45) is 5.10 Å². The van der Waals surface area contributed by atoms with Gasteiger partial charge < -0.3 is 16.1 Å². The number of carbonyl (C=O) groups excluding carboxylic acids is 1. The number of hydrazone groups is 1. The molecule has 0 spiro atoms. The quantitative estimate of drug-likeness (QED) is 0.339. The van der Waals surface area contributed by atoms with E-state index in [-0.39, 0.29) is 17.4 Å². The maximum atomic E-state index is 14.7. The van der Waals surface area contributed by atoms with Crippen molar-refractivity contribution in [3.8, 4) is 0 Å². The Hall–Kier alpha value is -2.47. The molecule has 28 heavy (non-hydrogen) atoms. The van der Waals surface area contributed by atoms with Crippen LogP contribution in [0.4, 0.5) is 10.1 Å². The van der Waals surface area contributed by atoms with Crippen LogP contribution in [0.5, 0.6) is 0 Å². The van der Waals surface area contributed by atoms with Crippen molar-refractivity contribution in [3.63, 3.8) is 0 Å². The molecule has 0 atom stereocenters. The lowest BCUT2D eigenvalue weighted by molar-refractivity contribution is -0.110. The molecule has 1 aliphatic heterocycles. The Morgan fingerprint density at radius 2 is 2.18 bits per heavy atom. The van der Waals surface area contributed by atoms with E-state index in [1.165, 1.54) is 6.07 Å². The zero-order chi connectivity index (χ0) is 20.4. The Balaban J connectivity index is 2.17. The van der Waals surface area contributed by atoms with E-state index in [2.05, 4.69) is 28.1 Å². The number of aryl methyl sites for hydroxylation is 1. The number of hydrogen-bond acceptors (Lipinski definition) is 4. The molecule has 1 aromatic carbocycles. The molecule has 5 nitrogen and oxygen atoms in total. The van der Waals surface area contributed by atoms with Gasteiger partial charge in [0.15, 0.2) is 0 Å². The van der Waals surface area contributed by atoms with Gasteiger partial charge in [0.2, 0.25) is 0 Å². The topological polar surface area (TPSA) is 65.5 Å². The molecule has 1 heterocycles. The van der Waals surface area contributed by atoms with Crippen LogP contribution >= 0.6 is 0 Å². The number of allylic oxidation sites excluding steroid dienone is 1. The van der Waals surface area contributed by atoms with Gasteiger partial charge in [-0.05, 0) is 62.1 Å². The highest BCUT2D eigenvalue weighted by molar-refractivity contribution is 6.47. The van der Waals surface area contributed by atoms with Crippen LogP contribution in [0.3, 0.4) is 0 Å². The van der Waals surface area contributed by atoms with Gasteiger partial charge in [-0.2, -0.15) is 5.10 Å². The van der Waals surface area contributed by atoms with Crippen LogP contribution in [0.1, 0.15) is 50.7 Å². The van der Waals surface area contributed by atoms with E-state index in [4.69, 9.17) is 0 Å². The van der Waals surface area contributed by atoms with Crippen molar-refractivity contribution in [1.82, 2.24) is 10.7 Å². The van der Waals surface area contributed by atoms with E-state index in [0.717, 1.165) is 49.9 Å². The number of rotatable bonds is 9. The molecule has 0 radical (unpaired) electrons. The van der Waals surface area contributed by atoms with Crippen LogP contribution < -0.4 is 16.1 Å². The van der Waals surface area contributed by atoms with Gasteiger partial charge in [-0.15, -0.1) is 0 Å². The molecule has 0 aliphatic carbocycles. The standard InChI is InChI=1S/C22H31FN4O/c1-4-6-8-20(27-25-11-7-5-2)22(28)26-21-15-19(23)18(14-16(21)3)17-9-12-24-13-10-17/h6,8-9,14-15,24-25H,4-5,7,10-13H2,1-3H3,(H,26,28)/b8-6-,27-20+. The highest BCUT2D eigenvalue weighted by Gasteiger charge is 2.16. The van der Waals surface area contributed by atoms with Crippen molar-refractivity contribution >= 4 is 22.9 Å². The molecule has 1 amide bonds. The predicted molar refractivity (Wildman–Crippen MR) is 115 cm³/mol. The minimum Gasteiger partial charge on any atom is -0.320 e. The minimum atomic E-state index is -0.356. The van der Waals surface area contributed by atoms with Gasteiger partial charge in [0, 0.05) is 24.3 Å². The second-order valence-electron chi connectivity index (χ2n) is 6.85. The summed E-state index contributed by atoms with van der Waals surface area (Å²) in [6.45, 7) is 8.26. The van der Waals surface area contributed by atoms with Gasteiger partial charge in [-0.25, -0.2) is 4.39 Å². The molecule has 0 saturated heterocycles. The van der Waals surface area contributed by atoms with Crippen LogP contribution in [0, 0.1) is 12.7 Å². The fourth-order valence-corrected chi connectivity index (χ4v) is 2.91. The monoisotopic (exact) mass is 386 g/mol. The second-order valence-corrected chi connectivity index (χ2v) is 6.85. The normalized spacial score (nSPS) is 14.9. The molecule has 1 aliphatic rings. The van der Waals surface area contributed by atoms with E-state index >= 15 is 0 Å². The van der Waals surface area contributed by atoms with Gasteiger partial charge in [0.05, 0.1) is 0 Å². The Morgan fingerprint density at radius 3 is 2.86 bits per heavy atom. The van der Waals surface area contributed by atoms with Crippen molar-refractivity contribution in [1.29, 1.82) is 0 Å². The average Bonchev–Trinajstić information content (AvgIpc) is 2.70. The maximum absolute atomic E-state index is 14.7. The third-order valence-electron chi connectivity index (χ3n) is 4.56. The largest absolute Gasteiger partial charge is 0.320 e. The van der Waals surface area contributed by atoms with Crippen molar-refractivity contribution < 1.29 is 9.18 Å². The Morgan fingerprint density at radius 1 is 1.36 bits per heavy atom. The van der Waals surface area contributed by atoms with E-state index in [0.29, 0.717) is 17.8 Å². The summed E-state index contributed by atoms with van der Waals surface area (Å²) < 4.78 is 14.7. The fourth-order valence-electron chi connectivity index (χ4n) is 2.91. The summed E-state index contributed by atoms with van der Waals surface area (Å²) in [5.41, 5.74) is 6.11. The number of amides is 1. The van der Waals surface area contributed by atoms with Gasteiger partial charge >= 0.3 is 0 Å². The predicted octanol–water partition coefficient (Wildman–Crippen LogP) is 4.16. The van der Waals surface area contributed by atoms with Gasteiger partial charge in [-0.1, -0.05) is 32.4 Å². The first-order chi connectivity index (χ1) is 13.6. The smallest absolute Gasteiger partial charge is 0.276 e. The van der Waals surface area contributed by atoms with Crippen LogP contribution in [0.2, 0.25) is 0 Å². The van der Waals surface area contributed by atoms with E-state index in [1.54, 1.807) is 12.1 Å². The number of benzene rings is 1. The lowest BCUT2D eigenvalue weighted by Crippen LogP contribution is -2.25. The number of anilines is 1.